The summed E-state index contributed by atoms with van der Waals surface area (Å²) in [4.78, 5) is 4.54. The van der Waals surface area contributed by atoms with Crippen LogP contribution in [0.4, 0.5) is 0 Å². The number of hydrogen-bond donors (Lipinski definition) is 3. The van der Waals surface area contributed by atoms with Crippen LogP contribution < -0.4 is 15.4 Å². The van der Waals surface area contributed by atoms with Crippen molar-refractivity contribution in [1.82, 2.24) is 15.4 Å². The molecule has 1 aliphatic carbocycles. The molecule has 0 amide bonds. The number of aliphatic imine (C=N–C) groups is 1. The molecule has 1 saturated carbocycles. The largest absolute Gasteiger partial charge is 0.357 e. The van der Waals surface area contributed by atoms with Crippen LogP contribution in [0.3, 0.4) is 0 Å². The van der Waals surface area contributed by atoms with Gasteiger partial charge in [0.25, 0.3) is 0 Å². The van der Waals surface area contributed by atoms with Gasteiger partial charge in [-0.25, -0.2) is 13.1 Å². The minimum atomic E-state index is -3.56. The summed E-state index contributed by atoms with van der Waals surface area (Å²) >= 11 is 5.82. The maximum absolute atomic E-state index is 12.1. The molecule has 0 spiro atoms. The van der Waals surface area contributed by atoms with Crippen LogP contribution in [0.25, 0.3) is 0 Å². The zero-order valence-electron chi connectivity index (χ0n) is 13.3. The molecular formula is C15H23ClN4O2S. The minimum Gasteiger partial charge on any atom is -0.357 e. The molecule has 8 heteroatoms. The van der Waals surface area contributed by atoms with Crippen LogP contribution in [0, 0.1) is 5.92 Å². The average Bonchev–Trinajstić information content (AvgIpc) is 3.19. The second kappa shape index (κ2) is 7.99. The summed E-state index contributed by atoms with van der Waals surface area (Å²) in [6.45, 7) is 5.53. The summed E-state index contributed by atoms with van der Waals surface area (Å²) in [6.07, 6.45) is 1.14. The van der Waals surface area contributed by atoms with Crippen molar-refractivity contribution in [3.63, 3.8) is 0 Å². The van der Waals surface area contributed by atoms with Crippen molar-refractivity contribution in [2.24, 2.45) is 10.9 Å². The predicted molar refractivity (Wildman–Crippen MR) is 93.3 cm³/mol. The van der Waals surface area contributed by atoms with Gasteiger partial charge in [-0.3, -0.25) is 4.99 Å². The third-order valence-electron chi connectivity index (χ3n) is 3.56. The Labute approximate surface area is 142 Å². The smallest absolute Gasteiger partial charge is 0.240 e. The van der Waals surface area contributed by atoms with E-state index < -0.39 is 10.0 Å². The van der Waals surface area contributed by atoms with E-state index in [0.29, 0.717) is 23.5 Å². The fraction of sp³-hybridized carbons (Fsp3) is 0.533. The van der Waals surface area contributed by atoms with Crippen molar-refractivity contribution >= 4 is 27.6 Å². The Morgan fingerprint density at radius 1 is 1.43 bits per heavy atom. The van der Waals surface area contributed by atoms with E-state index in [1.54, 1.807) is 12.1 Å². The summed E-state index contributed by atoms with van der Waals surface area (Å²) in [7, 11) is -3.56. The molecule has 6 nitrogen and oxygen atoms in total. The van der Waals surface area contributed by atoms with Gasteiger partial charge in [0.05, 0.1) is 11.4 Å². The van der Waals surface area contributed by atoms with Crippen LogP contribution in [0.1, 0.15) is 20.3 Å². The van der Waals surface area contributed by atoms with Crippen LogP contribution in [-0.4, -0.2) is 40.1 Å². The first-order chi connectivity index (χ1) is 10.9. The highest BCUT2D eigenvalue weighted by Crippen LogP contribution is 2.28. The van der Waals surface area contributed by atoms with E-state index in [1.165, 1.54) is 12.1 Å². The first-order valence-corrected chi connectivity index (χ1v) is 9.58. The SMILES string of the molecule is CCNC(=NCCNS(=O)(=O)c1cccc(Cl)c1)NC1CC1C. The second-order valence-corrected chi connectivity index (χ2v) is 7.78. The fourth-order valence-electron chi connectivity index (χ4n) is 2.08. The van der Waals surface area contributed by atoms with Crippen molar-refractivity contribution in [1.29, 1.82) is 0 Å². The molecule has 2 unspecified atom stereocenters. The zero-order chi connectivity index (χ0) is 16.9. The summed E-state index contributed by atoms with van der Waals surface area (Å²) in [6, 6.07) is 6.65. The van der Waals surface area contributed by atoms with E-state index in [2.05, 4.69) is 27.3 Å². The maximum atomic E-state index is 12.1. The van der Waals surface area contributed by atoms with Crippen LogP contribution >= 0.6 is 11.6 Å². The van der Waals surface area contributed by atoms with E-state index in [4.69, 9.17) is 11.6 Å². The number of nitrogens with one attached hydrogen (secondary N) is 3. The van der Waals surface area contributed by atoms with Gasteiger partial charge >= 0.3 is 0 Å². The first kappa shape index (κ1) is 18.0. The van der Waals surface area contributed by atoms with Gasteiger partial charge in [0.1, 0.15) is 0 Å². The summed E-state index contributed by atoms with van der Waals surface area (Å²) in [5.74, 6) is 1.39. The standard InChI is InChI=1S/C15H23ClN4O2S/c1-3-17-15(20-14-9-11(14)2)18-7-8-19-23(21,22)13-6-4-5-12(16)10-13/h4-6,10-11,14,19H,3,7-9H2,1-2H3,(H2,17,18,20). The van der Waals surface area contributed by atoms with Crippen molar-refractivity contribution in [2.45, 2.75) is 31.2 Å². The van der Waals surface area contributed by atoms with Gasteiger partial charge in [0.2, 0.25) is 10.0 Å². The summed E-state index contributed by atoms with van der Waals surface area (Å²) < 4.78 is 26.8. The van der Waals surface area contributed by atoms with Crippen LogP contribution in [0.5, 0.6) is 0 Å². The molecule has 0 aromatic heterocycles. The molecule has 128 valence electrons. The maximum Gasteiger partial charge on any atom is 0.240 e. The van der Waals surface area contributed by atoms with Gasteiger partial charge < -0.3 is 10.6 Å². The Balaban J connectivity index is 1.86. The van der Waals surface area contributed by atoms with Gasteiger partial charge in [-0.05, 0) is 37.5 Å². The Bertz CT molecular complexity index is 663. The van der Waals surface area contributed by atoms with Crippen molar-refractivity contribution < 1.29 is 8.42 Å². The molecule has 23 heavy (non-hydrogen) atoms. The van der Waals surface area contributed by atoms with E-state index in [0.717, 1.165) is 18.9 Å². The Hall–Kier alpha value is -1.31. The lowest BCUT2D eigenvalue weighted by molar-refractivity contribution is 0.582. The molecular weight excluding hydrogens is 336 g/mol. The topological polar surface area (TPSA) is 82.6 Å². The molecule has 0 bridgehead atoms. The third-order valence-corrected chi connectivity index (χ3v) is 5.25. The van der Waals surface area contributed by atoms with Crippen LogP contribution in [-0.2, 0) is 10.0 Å². The van der Waals surface area contributed by atoms with Crippen LogP contribution in [0.15, 0.2) is 34.2 Å². The molecule has 2 atom stereocenters. The fourth-order valence-corrected chi connectivity index (χ4v) is 3.41. The van der Waals surface area contributed by atoms with Gasteiger partial charge in [-0.1, -0.05) is 24.6 Å². The lowest BCUT2D eigenvalue weighted by Crippen LogP contribution is -2.39. The molecule has 1 aliphatic rings. The highest BCUT2D eigenvalue weighted by Gasteiger charge is 2.33. The van der Waals surface area contributed by atoms with E-state index in [9.17, 15) is 8.42 Å². The summed E-state index contributed by atoms with van der Waals surface area (Å²) in [5, 5.41) is 6.87. The number of sulfonamides is 1. The number of benzene rings is 1. The second-order valence-electron chi connectivity index (χ2n) is 5.58. The Morgan fingerprint density at radius 2 is 2.17 bits per heavy atom. The molecule has 0 aliphatic heterocycles. The number of hydrogen-bond acceptors (Lipinski definition) is 3. The van der Waals surface area contributed by atoms with Gasteiger partial charge in [-0.2, -0.15) is 0 Å². The molecule has 2 rings (SSSR count). The monoisotopic (exact) mass is 358 g/mol. The summed E-state index contributed by atoms with van der Waals surface area (Å²) in [5.41, 5.74) is 0. The van der Waals surface area contributed by atoms with Crippen molar-refractivity contribution in [3.05, 3.63) is 29.3 Å². The number of guanidine groups is 1. The number of halogens is 1. The molecule has 0 heterocycles. The highest BCUT2D eigenvalue weighted by atomic mass is 35.5. The molecule has 0 radical (unpaired) electrons. The number of rotatable bonds is 7. The van der Waals surface area contributed by atoms with Gasteiger partial charge in [-0.15, -0.1) is 0 Å². The molecule has 1 fully saturated rings. The van der Waals surface area contributed by atoms with E-state index >= 15 is 0 Å². The molecule has 0 saturated heterocycles. The third kappa shape index (κ3) is 5.67. The lowest BCUT2D eigenvalue weighted by atomic mass is 10.4. The van der Waals surface area contributed by atoms with E-state index in [-0.39, 0.29) is 11.4 Å². The highest BCUT2D eigenvalue weighted by molar-refractivity contribution is 7.89. The van der Waals surface area contributed by atoms with Crippen molar-refractivity contribution in [2.75, 3.05) is 19.6 Å². The quantitative estimate of drug-likeness (QED) is 0.392. The lowest BCUT2D eigenvalue weighted by Gasteiger charge is -2.11. The van der Waals surface area contributed by atoms with Crippen LogP contribution in [0.2, 0.25) is 5.02 Å². The minimum absolute atomic E-state index is 0.158. The zero-order valence-corrected chi connectivity index (χ0v) is 14.9. The first-order valence-electron chi connectivity index (χ1n) is 7.72. The normalized spacial score (nSPS) is 21.1. The van der Waals surface area contributed by atoms with Gasteiger partial charge in [0, 0.05) is 24.2 Å². The van der Waals surface area contributed by atoms with Gasteiger partial charge in [0.15, 0.2) is 5.96 Å². The average molecular weight is 359 g/mol. The number of nitrogens with zero attached hydrogens (tertiary/aromatic N) is 1. The van der Waals surface area contributed by atoms with Crippen molar-refractivity contribution in [3.8, 4) is 0 Å². The molecule has 1 aromatic rings. The van der Waals surface area contributed by atoms with E-state index in [1.807, 2.05) is 6.92 Å². The Morgan fingerprint density at radius 3 is 2.78 bits per heavy atom. The molecule has 3 N–H and O–H groups in total. The predicted octanol–water partition coefficient (Wildman–Crippen LogP) is 1.58. The Kier molecular flexibility index (Phi) is 6.26. The molecule has 1 aromatic carbocycles.